The van der Waals surface area contributed by atoms with Crippen LogP contribution in [0.15, 0.2) is 18.2 Å². The number of hydrogen-bond acceptors (Lipinski definition) is 4. The third-order valence-corrected chi connectivity index (χ3v) is 3.99. The molecule has 0 spiro atoms. The maximum absolute atomic E-state index is 11.1. The van der Waals surface area contributed by atoms with Crippen LogP contribution in [-0.2, 0) is 16.0 Å². The van der Waals surface area contributed by atoms with Gasteiger partial charge in [-0.1, -0.05) is 13.0 Å². The quantitative estimate of drug-likeness (QED) is 0.596. The van der Waals surface area contributed by atoms with Crippen molar-refractivity contribution in [2.45, 2.75) is 45.1 Å². The van der Waals surface area contributed by atoms with Gasteiger partial charge in [-0.15, -0.1) is 0 Å². The Morgan fingerprint density at radius 3 is 2.95 bits per heavy atom. The standard InChI is InChI=1S/C17H25NO3/c1-4-14-12-18(2)15-11-13(9-10-16(15)21-14)7-5-6-8-17(19)20-3/h9-11,14H,4-8,12H2,1-3H3. The Kier molecular flexibility index (Phi) is 5.48. The van der Waals surface area contributed by atoms with Crippen LogP contribution in [0.1, 0.15) is 38.2 Å². The van der Waals surface area contributed by atoms with Gasteiger partial charge in [0.2, 0.25) is 0 Å². The van der Waals surface area contributed by atoms with Crippen LogP contribution in [0.25, 0.3) is 0 Å². The molecule has 0 fully saturated rings. The van der Waals surface area contributed by atoms with Crippen molar-refractivity contribution >= 4 is 11.7 Å². The van der Waals surface area contributed by atoms with Crippen molar-refractivity contribution < 1.29 is 14.3 Å². The van der Waals surface area contributed by atoms with Crippen LogP contribution < -0.4 is 9.64 Å². The Labute approximate surface area is 127 Å². The molecule has 1 aliphatic heterocycles. The third kappa shape index (κ3) is 4.13. The summed E-state index contributed by atoms with van der Waals surface area (Å²) < 4.78 is 10.6. The summed E-state index contributed by atoms with van der Waals surface area (Å²) >= 11 is 0. The van der Waals surface area contributed by atoms with E-state index in [1.165, 1.54) is 18.4 Å². The minimum Gasteiger partial charge on any atom is -0.486 e. The van der Waals surface area contributed by atoms with Gasteiger partial charge < -0.3 is 14.4 Å². The first-order valence-electron chi connectivity index (χ1n) is 7.71. The molecule has 2 rings (SSSR count). The average Bonchev–Trinajstić information content (AvgIpc) is 2.51. The minimum absolute atomic E-state index is 0.126. The second kappa shape index (κ2) is 7.34. The zero-order valence-corrected chi connectivity index (χ0v) is 13.2. The van der Waals surface area contributed by atoms with E-state index >= 15 is 0 Å². The Balaban J connectivity index is 1.92. The van der Waals surface area contributed by atoms with E-state index in [4.69, 9.17) is 4.74 Å². The highest BCUT2D eigenvalue weighted by Gasteiger charge is 2.22. The van der Waals surface area contributed by atoms with E-state index in [0.29, 0.717) is 6.42 Å². The summed E-state index contributed by atoms with van der Waals surface area (Å²) in [6.07, 6.45) is 4.66. The molecular weight excluding hydrogens is 266 g/mol. The molecular formula is C17H25NO3. The first-order valence-corrected chi connectivity index (χ1v) is 7.71. The number of unbranched alkanes of at least 4 members (excludes halogenated alkanes) is 1. The number of carbonyl (C=O) groups is 1. The largest absolute Gasteiger partial charge is 0.486 e. The monoisotopic (exact) mass is 291 g/mol. The van der Waals surface area contributed by atoms with Gasteiger partial charge in [0.15, 0.2) is 0 Å². The van der Waals surface area contributed by atoms with Crippen molar-refractivity contribution in [2.75, 3.05) is 25.6 Å². The fourth-order valence-corrected chi connectivity index (χ4v) is 2.65. The number of methoxy groups -OCH3 is 1. The number of carbonyl (C=O) groups excluding carboxylic acids is 1. The molecule has 0 N–H and O–H groups in total. The molecule has 116 valence electrons. The van der Waals surface area contributed by atoms with Crippen molar-refractivity contribution in [3.05, 3.63) is 23.8 Å². The van der Waals surface area contributed by atoms with Crippen molar-refractivity contribution in [3.63, 3.8) is 0 Å². The van der Waals surface area contributed by atoms with E-state index < -0.39 is 0 Å². The number of nitrogens with zero attached hydrogens (tertiary/aromatic N) is 1. The minimum atomic E-state index is -0.126. The van der Waals surface area contributed by atoms with Gasteiger partial charge in [0.1, 0.15) is 11.9 Å². The van der Waals surface area contributed by atoms with E-state index in [0.717, 1.165) is 38.0 Å². The number of hydrogen-bond donors (Lipinski definition) is 0. The van der Waals surface area contributed by atoms with Crippen LogP contribution >= 0.6 is 0 Å². The topological polar surface area (TPSA) is 38.8 Å². The molecule has 0 saturated carbocycles. The molecule has 1 heterocycles. The zero-order chi connectivity index (χ0) is 15.2. The van der Waals surface area contributed by atoms with E-state index in [2.05, 4.69) is 41.8 Å². The van der Waals surface area contributed by atoms with Crippen LogP contribution in [0.5, 0.6) is 5.75 Å². The predicted octanol–water partition coefficient (Wildman–Crippen LogP) is 3.18. The molecule has 1 aromatic carbocycles. The molecule has 0 saturated heterocycles. The molecule has 1 atom stereocenters. The fourth-order valence-electron chi connectivity index (χ4n) is 2.65. The Bertz CT molecular complexity index is 487. The molecule has 4 nitrogen and oxygen atoms in total. The highest BCUT2D eigenvalue weighted by molar-refractivity contribution is 5.69. The van der Waals surface area contributed by atoms with Gasteiger partial charge in [-0.25, -0.2) is 0 Å². The second-order valence-electron chi connectivity index (χ2n) is 5.61. The first-order chi connectivity index (χ1) is 10.1. The maximum Gasteiger partial charge on any atom is 0.305 e. The summed E-state index contributed by atoms with van der Waals surface area (Å²) in [6.45, 7) is 3.09. The molecule has 0 aromatic heterocycles. The Morgan fingerprint density at radius 1 is 1.43 bits per heavy atom. The summed E-state index contributed by atoms with van der Waals surface area (Å²) in [4.78, 5) is 13.3. The predicted molar refractivity (Wildman–Crippen MR) is 84.0 cm³/mol. The number of ether oxygens (including phenoxy) is 2. The summed E-state index contributed by atoms with van der Waals surface area (Å²) in [5.74, 6) is 0.855. The summed E-state index contributed by atoms with van der Waals surface area (Å²) in [7, 11) is 3.55. The number of likely N-dealkylation sites (N-methyl/N-ethyl adjacent to an activating group) is 1. The molecule has 0 amide bonds. The van der Waals surface area contributed by atoms with E-state index in [1.54, 1.807) is 0 Å². The molecule has 0 aliphatic carbocycles. The SMILES string of the molecule is CCC1CN(C)c2cc(CCCCC(=O)OC)ccc2O1. The highest BCUT2D eigenvalue weighted by atomic mass is 16.5. The smallest absolute Gasteiger partial charge is 0.305 e. The molecule has 1 aliphatic rings. The van der Waals surface area contributed by atoms with E-state index in [9.17, 15) is 4.79 Å². The van der Waals surface area contributed by atoms with Crippen LogP contribution in [0, 0.1) is 0 Å². The highest BCUT2D eigenvalue weighted by Crippen LogP contribution is 2.34. The molecule has 1 aromatic rings. The lowest BCUT2D eigenvalue weighted by Gasteiger charge is -2.33. The third-order valence-electron chi connectivity index (χ3n) is 3.99. The number of anilines is 1. The van der Waals surface area contributed by atoms with E-state index in [-0.39, 0.29) is 12.1 Å². The van der Waals surface area contributed by atoms with Gasteiger partial charge in [0.05, 0.1) is 19.3 Å². The number of esters is 1. The van der Waals surface area contributed by atoms with Crippen LogP contribution in [0.2, 0.25) is 0 Å². The van der Waals surface area contributed by atoms with Gasteiger partial charge in [-0.2, -0.15) is 0 Å². The van der Waals surface area contributed by atoms with E-state index in [1.807, 2.05) is 0 Å². The zero-order valence-electron chi connectivity index (χ0n) is 13.2. The summed E-state index contributed by atoms with van der Waals surface area (Å²) in [5, 5.41) is 0. The van der Waals surface area contributed by atoms with Crippen LogP contribution in [0.4, 0.5) is 5.69 Å². The Morgan fingerprint density at radius 2 is 2.24 bits per heavy atom. The molecule has 1 unspecified atom stereocenters. The lowest BCUT2D eigenvalue weighted by atomic mass is 10.0. The van der Waals surface area contributed by atoms with Crippen molar-refractivity contribution in [1.29, 1.82) is 0 Å². The van der Waals surface area contributed by atoms with Gasteiger partial charge in [-0.05, 0) is 43.4 Å². The van der Waals surface area contributed by atoms with Gasteiger partial charge in [0.25, 0.3) is 0 Å². The number of benzene rings is 1. The number of aryl methyl sites for hydroxylation is 1. The fraction of sp³-hybridized carbons (Fsp3) is 0.588. The normalized spacial score (nSPS) is 17.1. The average molecular weight is 291 g/mol. The Hall–Kier alpha value is -1.71. The van der Waals surface area contributed by atoms with Crippen LogP contribution in [-0.4, -0.2) is 32.8 Å². The number of fused-ring (bicyclic) bond motifs is 1. The molecule has 0 radical (unpaired) electrons. The second-order valence-corrected chi connectivity index (χ2v) is 5.61. The van der Waals surface area contributed by atoms with Crippen molar-refractivity contribution in [2.24, 2.45) is 0 Å². The summed E-state index contributed by atoms with van der Waals surface area (Å²) in [6, 6.07) is 6.41. The van der Waals surface area contributed by atoms with Gasteiger partial charge >= 0.3 is 5.97 Å². The van der Waals surface area contributed by atoms with Crippen LogP contribution in [0.3, 0.4) is 0 Å². The molecule has 21 heavy (non-hydrogen) atoms. The first kappa shape index (κ1) is 15.7. The summed E-state index contributed by atoms with van der Waals surface area (Å²) in [5.41, 5.74) is 2.47. The van der Waals surface area contributed by atoms with Crippen molar-refractivity contribution in [3.8, 4) is 5.75 Å². The van der Waals surface area contributed by atoms with Gasteiger partial charge in [0, 0.05) is 13.5 Å². The lowest BCUT2D eigenvalue weighted by Crippen LogP contribution is -2.37. The maximum atomic E-state index is 11.1. The van der Waals surface area contributed by atoms with Gasteiger partial charge in [-0.3, -0.25) is 4.79 Å². The molecule has 4 heteroatoms. The lowest BCUT2D eigenvalue weighted by molar-refractivity contribution is -0.140. The van der Waals surface area contributed by atoms with Crippen molar-refractivity contribution in [1.82, 2.24) is 0 Å². The number of rotatable bonds is 6. The molecule has 0 bridgehead atoms.